The first-order chi connectivity index (χ1) is 49.5. The lowest BCUT2D eigenvalue weighted by Gasteiger charge is -2.32. The van der Waals surface area contributed by atoms with Gasteiger partial charge in [-0.05, 0) is 146 Å². The molecule has 0 radical (unpaired) electrons. The van der Waals surface area contributed by atoms with Gasteiger partial charge in [0.25, 0.3) is 0 Å². The van der Waals surface area contributed by atoms with Crippen molar-refractivity contribution in [3.8, 4) is 79.1 Å². The second-order valence-corrected chi connectivity index (χ2v) is 29.7. The first kappa shape index (κ1) is 68.4. The molecule has 0 aliphatic carbocycles. The summed E-state index contributed by atoms with van der Waals surface area (Å²) in [5.74, 6) is 2.10. The highest BCUT2D eigenvalue weighted by molar-refractivity contribution is 6.63. The molecule has 103 heavy (non-hydrogen) atoms. The van der Waals surface area contributed by atoms with Crippen LogP contribution in [0.15, 0.2) is 273 Å². The fraction of sp³-hybridized carbons (Fsp3) is 0.205. The molecule has 0 saturated carbocycles. The molecule has 0 N–H and O–H groups in total. The third-order valence-corrected chi connectivity index (χ3v) is 21.2. The predicted octanol–water partition coefficient (Wildman–Crippen LogP) is 18.6. The van der Waals surface area contributed by atoms with Crippen LogP contribution in [-0.2, 0) is 27.9 Å². The number of nitrogens with zero attached hydrogens (tertiary/aromatic N) is 6. The van der Waals surface area contributed by atoms with Crippen molar-refractivity contribution >= 4 is 81.2 Å². The highest BCUT2D eigenvalue weighted by Crippen LogP contribution is 2.41. The van der Waals surface area contributed by atoms with E-state index < -0.39 is 7.12 Å². The third-order valence-electron chi connectivity index (χ3n) is 21.2. The molecule has 0 unspecified atom stereocenters. The summed E-state index contributed by atoms with van der Waals surface area (Å²) in [5.41, 5.74) is 14.8. The second-order valence-electron chi connectivity index (χ2n) is 29.7. The molecule has 6 heterocycles. The summed E-state index contributed by atoms with van der Waals surface area (Å²) in [7, 11) is -1.16. The van der Waals surface area contributed by atoms with Gasteiger partial charge in [0.2, 0.25) is 0 Å². The molecule has 0 atom stereocenters. The number of benzene rings is 11. The first-order valence-corrected chi connectivity index (χ1v) is 35.3. The van der Waals surface area contributed by atoms with Gasteiger partial charge in [0.15, 0.2) is 17.5 Å². The van der Waals surface area contributed by atoms with Crippen molar-refractivity contribution in [3.63, 3.8) is 0 Å². The van der Waals surface area contributed by atoms with Gasteiger partial charge in [-0.2, -0.15) is 0 Å². The van der Waals surface area contributed by atoms with E-state index in [9.17, 15) is 0 Å². The lowest BCUT2D eigenvalue weighted by Crippen LogP contribution is -2.41. The minimum atomic E-state index is -0.393. The molecule has 3 saturated heterocycles. The van der Waals surface area contributed by atoms with Gasteiger partial charge in [-0.25, -0.2) is 29.9 Å². The Morgan fingerprint density at radius 3 is 0.825 bits per heavy atom. The smallest absolute Gasteiger partial charge is 0.399 e. The lowest BCUT2D eigenvalue weighted by atomic mass is 9.79. The molecule has 15 heteroatoms. The molecule has 12 nitrogen and oxygen atoms in total. The van der Waals surface area contributed by atoms with Gasteiger partial charge in [0, 0.05) is 49.5 Å². The molecule has 3 aliphatic heterocycles. The largest absolute Gasteiger partial charge is 0.494 e. The lowest BCUT2D eigenvalue weighted by molar-refractivity contribution is 0.00578. The van der Waals surface area contributed by atoms with E-state index in [1.807, 2.05) is 140 Å². The number of rotatable bonds is 10. The molecule has 3 aliphatic rings. The highest BCUT2D eigenvalue weighted by Gasteiger charge is 2.54. The number of aromatic nitrogens is 6. The van der Waals surface area contributed by atoms with Gasteiger partial charge < -0.3 is 27.9 Å². The van der Waals surface area contributed by atoms with Gasteiger partial charge in [-0.3, -0.25) is 0 Å². The molecule has 14 aromatic rings. The number of hydrogen-bond donors (Lipinski definition) is 0. The van der Waals surface area contributed by atoms with Crippen LogP contribution >= 0.6 is 0 Å². The summed E-state index contributed by atoms with van der Waals surface area (Å²) in [6.45, 7) is 24.8. The summed E-state index contributed by atoms with van der Waals surface area (Å²) in [6.07, 6.45) is 0. The molecule has 0 bridgehead atoms. The molecule has 0 amide bonds. The maximum absolute atomic E-state index is 6.22. The summed E-state index contributed by atoms with van der Waals surface area (Å²) < 4.78 is 37.2. The molecule has 3 aromatic heterocycles. The van der Waals surface area contributed by atoms with Crippen LogP contribution in [-0.4, -0.2) is 84.9 Å². The van der Waals surface area contributed by atoms with Crippen LogP contribution in [0.25, 0.3) is 123 Å². The first-order valence-electron chi connectivity index (χ1n) is 35.3. The van der Waals surface area contributed by atoms with E-state index in [-0.39, 0.29) is 47.8 Å². The van der Waals surface area contributed by atoms with Crippen molar-refractivity contribution < 1.29 is 27.9 Å². The van der Waals surface area contributed by atoms with Gasteiger partial charge in [0.1, 0.15) is 0 Å². The molecule has 3 fully saturated rings. The van der Waals surface area contributed by atoms with E-state index in [2.05, 4.69) is 217 Å². The minimum Gasteiger partial charge on any atom is -0.399 e. The summed E-state index contributed by atoms with van der Waals surface area (Å²) in [4.78, 5) is 29.7. The number of hydrogen-bond acceptors (Lipinski definition) is 12. The molecular weight excluding hydrogens is 1270 g/mol. The summed E-state index contributed by atoms with van der Waals surface area (Å²) in [5, 5.41) is 5.54. The topological polar surface area (TPSA) is 133 Å². The quantitative estimate of drug-likeness (QED) is 0.121. The summed E-state index contributed by atoms with van der Waals surface area (Å²) in [6, 6.07) is 93.2. The van der Waals surface area contributed by atoms with Crippen molar-refractivity contribution in [3.05, 3.63) is 273 Å². The normalized spacial score (nSPS) is 16.7. The zero-order valence-electron chi connectivity index (χ0n) is 60.3. The van der Waals surface area contributed by atoms with Crippen LogP contribution in [0.5, 0.6) is 0 Å². The minimum absolute atomic E-state index is 0.359. The fourth-order valence-electron chi connectivity index (χ4n) is 13.0. The van der Waals surface area contributed by atoms with Gasteiger partial charge in [-0.15, -0.1) is 0 Å². The van der Waals surface area contributed by atoms with Crippen molar-refractivity contribution in [2.75, 3.05) is 0 Å². The molecule has 11 aromatic carbocycles. The zero-order chi connectivity index (χ0) is 71.5. The van der Waals surface area contributed by atoms with Crippen LogP contribution in [0.4, 0.5) is 0 Å². The monoisotopic (exact) mass is 1350 g/mol. The van der Waals surface area contributed by atoms with Crippen molar-refractivity contribution in [2.45, 2.75) is 117 Å². The standard InChI is InChI=1S/C32H29BN2O2.C30H27BN2O2.C26H25BN2O2/c1-31(2)32(3,4)37-33(36-31)26-20-18-25(19-21-26)30-34-28-13-9-8-12-27(28)29(35-30)24-16-14-23(15-17-24)22-10-6-5-7-11-22;1-29(2)30(3,4)35-31(34-29)24-17-15-21(16-18-24)28-32-26-12-8-7-11-25(26)27(33-28)23-14-13-20-9-5-6-10-22(20)19-23;1-25(2)26(3,4)31-27(30-25)20-16-14-19(15-17-20)24-28-22-13-9-8-12-21(22)23(29-24)18-10-6-5-7-11-18/h5-21H,1-4H3;5-19H,1-4H3;5-17H,1-4H3. The molecular formula is C88H81B3N6O6. The predicted molar refractivity (Wildman–Crippen MR) is 421 cm³/mol. The van der Waals surface area contributed by atoms with Crippen LogP contribution in [0, 0.1) is 0 Å². The SMILES string of the molecule is CC1(C)OB(c2ccc(-c3nc(-c4ccc(-c5ccccc5)cc4)c4ccccc4n3)cc2)OC1(C)C.CC1(C)OB(c2ccc(-c3nc(-c4ccc5ccccc5c4)c4ccccc4n3)cc2)OC1(C)C.CC1(C)OB(c2ccc(-c3nc(-c4ccccc4)c4ccccc4n3)cc2)OC1(C)C. The van der Waals surface area contributed by atoms with Crippen LogP contribution < -0.4 is 16.4 Å². The molecule has 508 valence electrons. The van der Waals surface area contributed by atoms with Gasteiger partial charge >= 0.3 is 21.4 Å². The van der Waals surface area contributed by atoms with E-state index in [0.717, 1.165) is 99.6 Å². The Hall–Kier alpha value is -10.3. The van der Waals surface area contributed by atoms with Gasteiger partial charge in [-0.1, -0.05) is 249 Å². The van der Waals surface area contributed by atoms with Crippen molar-refractivity contribution in [2.24, 2.45) is 0 Å². The molecule has 0 spiro atoms. The number of para-hydroxylation sites is 3. The van der Waals surface area contributed by atoms with E-state index in [0.29, 0.717) is 17.5 Å². The average molecular weight is 1350 g/mol. The number of fused-ring (bicyclic) bond motifs is 4. The van der Waals surface area contributed by atoms with E-state index in [1.165, 1.54) is 21.9 Å². The Morgan fingerprint density at radius 2 is 0.466 bits per heavy atom. The van der Waals surface area contributed by atoms with Crippen LogP contribution in [0.3, 0.4) is 0 Å². The Labute approximate surface area is 604 Å². The highest BCUT2D eigenvalue weighted by atomic mass is 16.7. The summed E-state index contributed by atoms with van der Waals surface area (Å²) >= 11 is 0. The third kappa shape index (κ3) is 13.7. The van der Waals surface area contributed by atoms with E-state index in [4.69, 9.17) is 57.8 Å². The zero-order valence-corrected chi connectivity index (χ0v) is 60.3. The van der Waals surface area contributed by atoms with Gasteiger partial charge in [0.05, 0.1) is 67.2 Å². The van der Waals surface area contributed by atoms with Crippen LogP contribution in [0.1, 0.15) is 83.1 Å². The Balaban J connectivity index is 0.000000125. The Morgan fingerprint density at radius 1 is 0.214 bits per heavy atom. The fourth-order valence-corrected chi connectivity index (χ4v) is 13.0. The van der Waals surface area contributed by atoms with Crippen LogP contribution in [0.2, 0.25) is 0 Å². The van der Waals surface area contributed by atoms with Crippen molar-refractivity contribution in [1.82, 2.24) is 29.9 Å². The Bertz CT molecular complexity index is 5380. The molecule has 17 rings (SSSR count). The second kappa shape index (κ2) is 27.1. The van der Waals surface area contributed by atoms with Crippen molar-refractivity contribution in [1.29, 1.82) is 0 Å². The average Bonchev–Trinajstić information content (AvgIpc) is 1.40. The van der Waals surface area contributed by atoms with E-state index in [1.54, 1.807) is 0 Å². The maximum Gasteiger partial charge on any atom is 0.494 e. The Kier molecular flexibility index (Phi) is 18.0. The van der Waals surface area contributed by atoms with E-state index >= 15 is 0 Å². The maximum atomic E-state index is 6.22.